The predicted molar refractivity (Wildman–Crippen MR) is 51.5 cm³/mol. The molecule has 13 heavy (non-hydrogen) atoms. The lowest BCUT2D eigenvalue weighted by Gasteiger charge is -2.11. The molecule has 0 aliphatic heterocycles. The van der Waals surface area contributed by atoms with E-state index in [0.29, 0.717) is 17.8 Å². The predicted octanol–water partition coefficient (Wildman–Crippen LogP) is -0.735. The maximum absolute atomic E-state index is 5.19. The SMILES string of the molecule is CNc1nc(NN)nc(N(C)C)n1. The maximum atomic E-state index is 5.19. The molecule has 72 valence electrons. The van der Waals surface area contributed by atoms with Crippen LogP contribution in [0.3, 0.4) is 0 Å². The maximum Gasteiger partial charge on any atom is 0.243 e. The van der Waals surface area contributed by atoms with Crippen LogP contribution in [0.5, 0.6) is 0 Å². The molecule has 0 bridgehead atoms. The summed E-state index contributed by atoms with van der Waals surface area (Å²) in [7, 11) is 5.42. The fourth-order valence-electron chi connectivity index (χ4n) is 0.741. The van der Waals surface area contributed by atoms with Crippen LogP contribution in [-0.4, -0.2) is 36.1 Å². The number of nitrogens with two attached hydrogens (primary N) is 1. The average Bonchev–Trinajstić information content (AvgIpc) is 2.16. The van der Waals surface area contributed by atoms with Crippen LogP contribution in [0.4, 0.5) is 17.8 Å². The van der Waals surface area contributed by atoms with Gasteiger partial charge in [0, 0.05) is 21.1 Å². The van der Waals surface area contributed by atoms with E-state index in [9.17, 15) is 0 Å². The Hall–Kier alpha value is -1.63. The summed E-state index contributed by atoms with van der Waals surface area (Å²) in [6.45, 7) is 0. The van der Waals surface area contributed by atoms with Gasteiger partial charge in [0.25, 0.3) is 0 Å². The fourth-order valence-corrected chi connectivity index (χ4v) is 0.741. The van der Waals surface area contributed by atoms with Crippen LogP contribution in [0.25, 0.3) is 0 Å². The zero-order valence-corrected chi connectivity index (χ0v) is 7.87. The molecule has 0 saturated carbocycles. The Kier molecular flexibility index (Phi) is 2.80. The van der Waals surface area contributed by atoms with Crippen LogP contribution in [0, 0.1) is 0 Å². The first-order valence-electron chi connectivity index (χ1n) is 3.75. The van der Waals surface area contributed by atoms with Crippen molar-refractivity contribution in [2.24, 2.45) is 5.84 Å². The van der Waals surface area contributed by atoms with Crippen molar-refractivity contribution in [3.63, 3.8) is 0 Å². The number of hydrazine groups is 1. The molecule has 0 aliphatic carbocycles. The highest BCUT2D eigenvalue weighted by molar-refractivity contribution is 5.41. The Morgan fingerprint density at radius 2 is 1.77 bits per heavy atom. The molecule has 0 atom stereocenters. The highest BCUT2D eigenvalue weighted by Crippen LogP contribution is 2.09. The molecule has 0 aliphatic rings. The van der Waals surface area contributed by atoms with E-state index < -0.39 is 0 Å². The first-order valence-corrected chi connectivity index (χ1v) is 3.75. The number of anilines is 3. The third-order valence-electron chi connectivity index (χ3n) is 1.38. The molecule has 0 amide bonds. The molecule has 4 N–H and O–H groups in total. The van der Waals surface area contributed by atoms with E-state index in [1.54, 1.807) is 11.9 Å². The Bertz CT molecular complexity index is 262. The molecule has 7 nitrogen and oxygen atoms in total. The van der Waals surface area contributed by atoms with E-state index in [2.05, 4.69) is 25.7 Å². The van der Waals surface area contributed by atoms with Gasteiger partial charge in [-0.05, 0) is 0 Å². The third kappa shape index (κ3) is 2.15. The standard InChI is InChI=1S/C6H13N7/c1-8-4-9-5(12-7)11-6(10-4)13(2)3/h7H2,1-3H3,(H2,8,9,10,11,12). The van der Waals surface area contributed by atoms with Gasteiger partial charge in [-0.1, -0.05) is 0 Å². The third-order valence-corrected chi connectivity index (χ3v) is 1.38. The van der Waals surface area contributed by atoms with Crippen LogP contribution in [0.2, 0.25) is 0 Å². The van der Waals surface area contributed by atoms with Crippen LogP contribution >= 0.6 is 0 Å². The van der Waals surface area contributed by atoms with Crippen LogP contribution in [0.1, 0.15) is 0 Å². The van der Waals surface area contributed by atoms with Gasteiger partial charge in [0.1, 0.15) is 0 Å². The van der Waals surface area contributed by atoms with Gasteiger partial charge in [0.2, 0.25) is 17.8 Å². The normalized spacial score (nSPS) is 9.54. The summed E-state index contributed by atoms with van der Waals surface area (Å²) >= 11 is 0. The van der Waals surface area contributed by atoms with Crippen molar-refractivity contribution in [2.45, 2.75) is 0 Å². The molecule has 1 aromatic heterocycles. The summed E-state index contributed by atoms with van der Waals surface area (Å²) in [5.74, 6) is 6.56. The molecule has 0 unspecified atom stereocenters. The minimum atomic E-state index is 0.336. The van der Waals surface area contributed by atoms with Crippen molar-refractivity contribution in [3.8, 4) is 0 Å². The molecule has 1 rings (SSSR count). The van der Waals surface area contributed by atoms with Crippen molar-refractivity contribution in [2.75, 3.05) is 36.8 Å². The molecular formula is C6H13N7. The molecule has 0 radical (unpaired) electrons. The van der Waals surface area contributed by atoms with E-state index in [1.807, 2.05) is 14.1 Å². The van der Waals surface area contributed by atoms with E-state index in [-0.39, 0.29) is 0 Å². The second kappa shape index (κ2) is 3.85. The summed E-state index contributed by atoms with van der Waals surface area (Å²) in [5.41, 5.74) is 2.37. The molecule has 0 aromatic carbocycles. The Morgan fingerprint density at radius 1 is 1.15 bits per heavy atom. The van der Waals surface area contributed by atoms with E-state index in [4.69, 9.17) is 5.84 Å². The molecule has 1 heterocycles. The minimum Gasteiger partial charge on any atom is -0.357 e. The first kappa shape index (κ1) is 9.46. The van der Waals surface area contributed by atoms with Crippen molar-refractivity contribution in [3.05, 3.63) is 0 Å². The zero-order valence-electron chi connectivity index (χ0n) is 7.87. The number of rotatable bonds is 3. The van der Waals surface area contributed by atoms with E-state index >= 15 is 0 Å². The van der Waals surface area contributed by atoms with Crippen LogP contribution in [-0.2, 0) is 0 Å². The first-order chi connectivity index (χ1) is 6.17. The molecule has 0 spiro atoms. The number of nitrogen functional groups attached to an aromatic ring is 1. The summed E-state index contributed by atoms with van der Waals surface area (Å²) in [4.78, 5) is 13.8. The summed E-state index contributed by atoms with van der Waals surface area (Å²) in [5, 5.41) is 2.81. The van der Waals surface area contributed by atoms with Gasteiger partial charge in [0.05, 0.1) is 0 Å². The highest BCUT2D eigenvalue weighted by Gasteiger charge is 2.05. The largest absolute Gasteiger partial charge is 0.357 e. The molecule has 7 heteroatoms. The van der Waals surface area contributed by atoms with Gasteiger partial charge in [-0.25, -0.2) is 5.84 Å². The zero-order chi connectivity index (χ0) is 9.84. The lowest BCUT2D eigenvalue weighted by molar-refractivity contribution is 0.954. The van der Waals surface area contributed by atoms with E-state index in [1.165, 1.54) is 0 Å². The molecule has 1 aromatic rings. The van der Waals surface area contributed by atoms with Gasteiger partial charge in [-0.2, -0.15) is 15.0 Å². The second-order valence-electron chi connectivity index (χ2n) is 2.57. The van der Waals surface area contributed by atoms with Crippen molar-refractivity contribution in [1.82, 2.24) is 15.0 Å². The molecule has 0 saturated heterocycles. The van der Waals surface area contributed by atoms with Crippen LogP contribution in [0.15, 0.2) is 0 Å². The monoisotopic (exact) mass is 183 g/mol. The van der Waals surface area contributed by atoms with Crippen molar-refractivity contribution < 1.29 is 0 Å². The number of nitrogens with one attached hydrogen (secondary N) is 2. The number of nitrogens with zero attached hydrogens (tertiary/aromatic N) is 4. The van der Waals surface area contributed by atoms with Crippen LogP contribution < -0.4 is 21.5 Å². The molecule has 0 fully saturated rings. The summed E-state index contributed by atoms with van der Waals surface area (Å²) in [6.07, 6.45) is 0. The van der Waals surface area contributed by atoms with Gasteiger partial charge < -0.3 is 10.2 Å². The topological polar surface area (TPSA) is 92.0 Å². The Labute approximate surface area is 76.4 Å². The van der Waals surface area contributed by atoms with Gasteiger partial charge in [0.15, 0.2) is 0 Å². The number of hydrogen-bond acceptors (Lipinski definition) is 7. The van der Waals surface area contributed by atoms with Gasteiger partial charge >= 0.3 is 0 Å². The average molecular weight is 183 g/mol. The lowest BCUT2D eigenvalue weighted by atomic mass is 10.7. The Balaban J connectivity index is 3.07. The van der Waals surface area contributed by atoms with Gasteiger partial charge in [-0.3, -0.25) is 5.43 Å². The minimum absolute atomic E-state index is 0.336. The number of aromatic nitrogens is 3. The Morgan fingerprint density at radius 3 is 2.23 bits per heavy atom. The van der Waals surface area contributed by atoms with Crippen molar-refractivity contribution in [1.29, 1.82) is 0 Å². The van der Waals surface area contributed by atoms with Gasteiger partial charge in [-0.15, -0.1) is 0 Å². The highest BCUT2D eigenvalue weighted by atomic mass is 15.4. The quantitative estimate of drug-likeness (QED) is 0.420. The van der Waals surface area contributed by atoms with E-state index in [0.717, 1.165) is 0 Å². The van der Waals surface area contributed by atoms with Crippen molar-refractivity contribution >= 4 is 17.8 Å². The number of hydrogen-bond donors (Lipinski definition) is 3. The summed E-state index contributed by atoms with van der Waals surface area (Å²) < 4.78 is 0. The lowest BCUT2D eigenvalue weighted by Crippen LogP contribution is -2.18. The molecular weight excluding hydrogens is 170 g/mol. The fraction of sp³-hybridized carbons (Fsp3) is 0.500. The summed E-state index contributed by atoms with van der Waals surface area (Å²) in [6, 6.07) is 0. The second-order valence-corrected chi connectivity index (χ2v) is 2.57. The smallest absolute Gasteiger partial charge is 0.243 e.